The standard InChI is InChI=1S/C49H35BO2/c1-49(2,3)28-29-22-44-48-45(23-29)52-43-27-33(18-20-40(43)50(48)41-26-32(19-21-42(41)51-44)30-10-5-4-6-11-30)35-24-34-14-9-16-37-36-15-7-12-31-13-8-17-38(46(31)36)39(25-35)47(34)37/h4-27H,28H2,1-3H3. The van der Waals surface area contributed by atoms with E-state index in [1.54, 1.807) is 0 Å². The van der Waals surface area contributed by atoms with Gasteiger partial charge in [0, 0.05) is 5.46 Å². The fraction of sp³-hybridized carbons (Fsp3) is 0.102. The van der Waals surface area contributed by atoms with Crippen LogP contribution in [0.25, 0.3) is 65.3 Å². The molecule has 0 amide bonds. The lowest BCUT2D eigenvalue weighted by atomic mass is 9.34. The van der Waals surface area contributed by atoms with Crippen LogP contribution < -0.4 is 25.9 Å². The first kappa shape index (κ1) is 29.7. The summed E-state index contributed by atoms with van der Waals surface area (Å²) in [5.74, 6) is 3.60. The Labute approximate surface area is 303 Å². The SMILES string of the molecule is CC(C)(C)Cc1cc2c3c(c1)Oc1ccc(-c4ccccc4)cc1B3c1ccc(-c3cc4cccc5c6cccc7cccc(c(c3)c45)c76)cc1O2. The normalized spacial score (nSPS) is 13.2. The Balaban J connectivity index is 1.11. The minimum absolute atomic E-state index is 0.00618. The molecule has 9 aromatic rings. The third kappa shape index (κ3) is 4.45. The lowest BCUT2D eigenvalue weighted by molar-refractivity contribution is 0.407. The van der Waals surface area contributed by atoms with Gasteiger partial charge in [-0.1, -0.05) is 130 Å². The molecule has 2 aliphatic heterocycles. The van der Waals surface area contributed by atoms with Gasteiger partial charge in [-0.25, -0.2) is 0 Å². The van der Waals surface area contributed by atoms with E-state index in [1.807, 2.05) is 0 Å². The van der Waals surface area contributed by atoms with Crippen molar-refractivity contribution in [3.63, 3.8) is 0 Å². The van der Waals surface area contributed by atoms with Crippen LogP contribution in [0.4, 0.5) is 0 Å². The number of hydrogen-bond acceptors (Lipinski definition) is 2. The fourth-order valence-corrected chi connectivity index (χ4v) is 9.08. The van der Waals surface area contributed by atoms with Crippen LogP contribution >= 0.6 is 0 Å². The second-order valence-corrected chi connectivity index (χ2v) is 15.9. The van der Waals surface area contributed by atoms with Crippen LogP contribution in [0.1, 0.15) is 26.3 Å². The number of rotatable bonds is 3. The first-order chi connectivity index (χ1) is 25.4. The molecule has 0 N–H and O–H groups in total. The van der Waals surface area contributed by atoms with Crippen LogP contribution in [0, 0.1) is 5.41 Å². The molecule has 0 aliphatic carbocycles. The van der Waals surface area contributed by atoms with Gasteiger partial charge in [0.05, 0.1) is 0 Å². The summed E-state index contributed by atoms with van der Waals surface area (Å²) in [5.41, 5.74) is 9.52. The van der Waals surface area contributed by atoms with Crippen LogP contribution in [0.15, 0.2) is 146 Å². The van der Waals surface area contributed by atoms with Crippen molar-refractivity contribution >= 4 is 66.2 Å². The Bertz CT molecular complexity index is 2910. The molecule has 0 radical (unpaired) electrons. The molecule has 0 bridgehead atoms. The van der Waals surface area contributed by atoms with Gasteiger partial charge in [0.15, 0.2) is 0 Å². The maximum atomic E-state index is 6.96. The highest BCUT2D eigenvalue weighted by molar-refractivity contribution is 6.98. The quantitative estimate of drug-likeness (QED) is 0.106. The Kier molecular flexibility index (Phi) is 6.12. The summed E-state index contributed by atoms with van der Waals surface area (Å²) in [6.45, 7) is 6.84. The van der Waals surface area contributed by atoms with E-state index in [9.17, 15) is 0 Å². The van der Waals surface area contributed by atoms with Gasteiger partial charge >= 0.3 is 0 Å². The minimum atomic E-state index is -0.00618. The molecule has 0 aromatic heterocycles. The van der Waals surface area contributed by atoms with Crippen molar-refractivity contribution in [3.8, 4) is 45.3 Å². The molecule has 0 saturated heterocycles. The Morgan fingerprint density at radius 3 is 1.81 bits per heavy atom. The number of fused-ring (bicyclic) bond motifs is 6. The number of benzene rings is 9. The van der Waals surface area contributed by atoms with E-state index < -0.39 is 0 Å². The van der Waals surface area contributed by atoms with Gasteiger partial charge in [0.1, 0.15) is 23.0 Å². The smallest absolute Gasteiger partial charge is 0.260 e. The Morgan fingerprint density at radius 2 is 1.08 bits per heavy atom. The van der Waals surface area contributed by atoms with Crippen molar-refractivity contribution in [2.45, 2.75) is 27.2 Å². The first-order valence-electron chi connectivity index (χ1n) is 18.3. The molecule has 0 unspecified atom stereocenters. The van der Waals surface area contributed by atoms with Crippen molar-refractivity contribution in [1.82, 2.24) is 0 Å². The van der Waals surface area contributed by atoms with Crippen LogP contribution in [0.5, 0.6) is 23.0 Å². The van der Waals surface area contributed by atoms with Gasteiger partial charge < -0.3 is 9.47 Å². The summed E-state index contributed by atoms with van der Waals surface area (Å²) in [7, 11) is 0. The highest BCUT2D eigenvalue weighted by atomic mass is 16.5. The van der Waals surface area contributed by atoms with E-state index in [1.165, 1.54) is 76.3 Å². The van der Waals surface area contributed by atoms with Crippen LogP contribution in [-0.2, 0) is 6.42 Å². The molecule has 246 valence electrons. The highest BCUT2D eigenvalue weighted by Crippen LogP contribution is 2.43. The van der Waals surface area contributed by atoms with Crippen molar-refractivity contribution in [2.75, 3.05) is 0 Å². The van der Waals surface area contributed by atoms with Gasteiger partial charge in [-0.15, -0.1) is 0 Å². The molecule has 3 heteroatoms. The molecule has 0 fully saturated rings. The molecule has 2 heterocycles. The fourth-order valence-electron chi connectivity index (χ4n) is 9.08. The lowest BCUT2D eigenvalue weighted by Gasteiger charge is -2.34. The summed E-state index contributed by atoms with van der Waals surface area (Å²) in [6.07, 6.45) is 0.926. The molecule has 2 aliphatic rings. The number of hydrogen-bond donors (Lipinski definition) is 0. The second-order valence-electron chi connectivity index (χ2n) is 15.9. The van der Waals surface area contributed by atoms with Crippen LogP contribution in [0.2, 0.25) is 0 Å². The van der Waals surface area contributed by atoms with E-state index in [0.717, 1.165) is 40.4 Å². The van der Waals surface area contributed by atoms with Crippen molar-refractivity contribution < 1.29 is 9.47 Å². The van der Waals surface area contributed by atoms with Gasteiger partial charge in [0.2, 0.25) is 0 Å². The topological polar surface area (TPSA) is 18.5 Å². The van der Waals surface area contributed by atoms with E-state index in [-0.39, 0.29) is 12.1 Å². The van der Waals surface area contributed by atoms with Gasteiger partial charge in [-0.3, -0.25) is 0 Å². The zero-order valence-electron chi connectivity index (χ0n) is 29.5. The predicted octanol–water partition coefficient (Wildman–Crippen LogP) is 11.4. The van der Waals surface area contributed by atoms with Gasteiger partial charge in [0.25, 0.3) is 6.71 Å². The van der Waals surface area contributed by atoms with Crippen LogP contribution in [-0.4, -0.2) is 6.71 Å². The largest absolute Gasteiger partial charge is 0.458 e. The maximum Gasteiger partial charge on any atom is 0.260 e. The average molecular weight is 667 g/mol. The summed E-state index contributed by atoms with van der Waals surface area (Å²) in [4.78, 5) is 0. The monoisotopic (exact) mass is 666 g/mol. The highest BCUT2D eigenvalue weighted by Gasteiger charge is 2.41. The molecule has 0 spiro atoms. The Hall–Kier alpha value is -6.06. The first-order valence-corrected chi connectivity index (χ1v) is 18.3. The summed E-state index contributed by atoms with van der Waals surface area (Å²) >= 11 is 0. The van der Waals surface area contributed by atoms with E-state index in [2.05, 4.69) is 166 Å². The molecule has 0 atom stereocenters. The molecule has 0 saturated carbocycles. The summed E-state index contributed by atoms with van der Waals surface area (Å²) < 4.78 is 13.7. The van der Waals surface area contributed by atoms with Crippen LogP contribution in [0.3, 0.4) is 0 Å². The zero-order chi connectivity index (χ0) is 34.7. The third-order valence-electron chi connectivity index (χ3n) is 11.2. The zero-order valence-corrected chi connectivity index (χ0v) is 29.5. The molecule has 11 rings (SSSR count). The minimum Gasteiger partial charge on any atom is -0.458 e. The molecule has 9 aromatic carbocycles. The molecule has 2 nitrogen and oxygen atoms in total. The summed E-state index contributed by atoms with van der Waals surface area (Å²) in [5, 5.41) is 10.4. The predicted molar refractivity (Wildman–Crippen MR) is 219 cm³/mol. The van der Waals surface area contributed by atoms with E-state index >= 15 is 0 Å². The molecular weight excluding hydrogens is 631 g/mol. The van der Waals surface area contributed by atoms with Crippen molar-refractivity contribution in [1.29, 1.82) is 0 Å². The lowest BCUT2D eigenvalue weighted by Crippen LogP contribution is -2.57. The molecular formula is C49H35BO2. The summed E-state index contributed by atoms with van der Waals surface area (Å²) in [6, 6.07) is 53.4. The Morgan fingerprint density at radius 1 is 0.442 bits per heavy atom. The number of ether oxygens (including phenoxy) is 2. The van der Waals surface area contributed by atoms with E-state index in [4.69, 9.17) is 9.47 Å². The molecule has 52 heavy (non-hydrogen) atoms. The van der Waals surface area contributed by atoms with Gasteiger partial charge in [-0.05, 0) is 130 Å². The average Bonchev–Trinajstić information content (AvgIpc) is 3.15. The maximum absolute atomic E-state index is 6.96. The van der Waals surface area contributed by atoms with Gasteiger partial charge in [-0.2, -0.15) is 0 Å². The van der Waals surface area contributed by atoms with Crippen molar-refractivity contribution in [2.24, 2.45) is 5.41 Å². The second kappa shape index (κ2) is 10.7. The third-order valence-corrected chi connectivity index (χ3v) is 11.2. The van der Waals surface area contributed by atoms with Crippen molar-refractivity contribution in [3.05, 3.63) is 151 Å². The van der Waals surface area contributed by atoms with E-state index in [0.29, 0.717) is 0 Å².